The molecule has 3 aromatic carbocycles. The van der Waals surface area contributed by atoms with Crippen molar-refractivity contribution in [2.75, 3.05) is 7.11 Å². The first-order valence-corrected chi connectivity index (χ1v) is 9.81. The Balaban J connectivity index is 1.55. The molecule has 6 nitrogen and oxygen atoms in total. The number of aromatic nitrogens is 1. The normalized spacial score (nSPS) is 16.9. The van der Waals surface area contributed by atoms with E-state index in [1.165, 1.54) is 0 Å². The molecule has 0 unspecified atom stereocenters. The molecule has 1 aliphatic carbocycles. The van der Waals surface area contributed by atoms with E-state index in [1.54, 1.807) is 7.11 Å². The lowest BCUT2D eigenvalue weighted by Gasteiger charge is -2.18. The van der Waals surface area contributed by atoms with Gasteiger partial charge in [-0.15, -0.1) is 0 Å². The van der Waals surface area contributed by atoms with Crippen molar-refractivity contribution in [3.05, 3.63) is 60.3 Å². The molecule has 1 atom stereocenters. The molecule has 1 fully saturated rings. The first-order valence-electron chi connectivity index (χ1n) is 9.81. The summed E-state index contributed by atoms with van der Waals surface area (Å²) in [6.45, 7) is 0. The number of Topliss-reactive ketones (excluding diaryl/α,β-unsaturated/α-hetero) is 2. The van der Waals surface area contributed by atoms with Crippen LogP contribution in [0.2, 0.25) is 0 Å². The van der Waals surface area contributed by atoms with Gasteiger partial charge in [0.1, 0.15) is 34.5 Å². The van der Waals surface area contributed by atoms with Crippen molar-refractivity contribution in [1.29, 1.82) is 0 Å². The molecule has 5 rings (SSSR count). The van der Waals surface area contributed by atoms with Gasteiger partial charge < -0.3 is 14.0 Å². The summed E-state index contributed by atoms with van der Waals surface area (Å²) in [7, 11) is 1.61. The first kappa shape index (κ1) is 18.4. The van der Waals surface area contributed by atoms with E-state index < -0.39 is 5.92 Å². The molecule has 4 aromatic rings. The quantitative estimate of drug-likeness (QED) is 0.438. The van der Waals surface area contributed by atoms with Gasteiger partial charge in [-0.1, -0.05) is 17.3 Å². The van der Waals surface area contributed by atoms with Gasteiger partial charge in [-0.3, -0.25) is 9.59 Å². The Bertz CT molecular complexity index is 1290. The largest absolute Gasteiger partial charge is 0.497 e. The van der Waals surface area contributed by atoms with Crippen molar-refractivity contribution < 1.29 is 23.6 Å². The lowest BCUT2D eigenvalue weighted by atomic mass is 9.83. The smallest absolute Gasteiger partial charge is 0.167 e. The van der Waals surface area contributed by atoms with Gasteiger partial charge in [0.25, 0.3) is 0 Å². The second-order valence-electron chi connectivity index (χ2n) is 7.44. The number of carbonyl (C=O) groups is 2. The van der Waals surface area contributed by atoms with Gasteiger partial charge in [-0.2, -0.15) is 0 Å². The summed E-state index contributed by atoms with van der Waals surface area (Å²) in [5.41, 5.74) is 1.25. The number of benzene rings is 3. The Labute approximate surface area is 172 Å². The van der Waals surface area contributed by atoms with E-state index in [4.69, 9.17) is 14.0 Å². The fourth-order valence-corrected chi connectivity index (χ4v) is 4.04. The summed E-state index contributed by atoms with van der Waals surface area (Å²) in [6.07, 6.45) is 0.850. The summed E-state index contributed by atoms with van der Waals surface area (Å²) in [5, 5.41) is 6.92. The Morgan fingerprint density at radius 3 is 2.67 bits per heavy atom. The third-order valence-corrected chi connectivity index (χ3v) is 5.53. The van der Waals surface area contributed by atoms with E-state index in [1.807, 2.05) is 54.6 Å². The maximum atomic E-state index is 12.5. The van der Waals surface area contributed by atoms with Crippen LogP contribution in [0.3, 0.4) is 0 Å². The van der Waals surface area contributed by atoms with Gasteiger partial charge in [0.05, 0.1) is 24.8 Å². The SMILES string of the molecule is COc1cccc(Oc2ccc3c(ccc4onc([C@@H]5CCC(=O)CC5=O)c43)c2)c1. The van der Waals surface area contributed by atoms with E-state index >= 15 is 0 Å². The van der Waals surface area contributed by atoms with Gasteiger partial charge in [0, 0.05) is 12.5 Å². The topological polar surface area (TPSA) is 78.6 Å². The van der Waals surface area contributed by atoms with Crippen LogP contribution in [-0.4, -0.2) is 23.8 Å². The highest BCUT2D eigenvalue weighted by atomic mass is 16.5. The Morgan fingerprint density at radius 1 is 1.00 bits per heavy atom. The highest BCUT2D eigenvalue weighted by molar-refractivity contribution is 6.11. The van der Waals surface area contributed by atoms with Gasteiger partial charge in [-0.25, -0.2) is 0 Å². The number of fused-ring (bicyclic) bond motifs is 3. The molecule has 0 amide bonds. The van der Waals surface area contributed by atoms with Crippen molar-refractivity contribution >= 4 is 33.3 Å². The molecule has 0 spiro atoms. The molecule has 6 heteroatoms. The number of ketones is 2. The third-order valence-electron chi connectivity index (χ3n) is 5.53. The van der Waals surface area contributed by atoms with Gasteiger partial charge in [-0.05, 0) is 53.6 Å². The molecule has 0 bridgehead atoms. The number of hydrogen-bond acceptors (Lipinski definition) is 6. The number of ether oxygens (including phenoxy) is 2. The molecule has 1 saturated carbocycles. The number of carbonyl (C=O) groups excluding carboxylic acids is 2. The summed E-state index contributed by atoms with van der Waals surface area (Å²) in [4.78, 5) is 24.1. The predicted molar refractivity (Wildman–Crippen MR) is 111 cm³/mol. The number of hydrogen-bond donors (Lipinski definition) is 0. The maximum Gasteiger partial charge on any atom is 0.167 e. The minimum atomic E-state index is -0.401. The lowest BCUT2D eigenvalue weighted by Crippen LogP contribution is -2.23. The minimum Gasteiger partial charge on any atom is -0.497 e. The number of methoxy groups -OCH3 is 1. The van der Waals surface area contributed by atoms with E-state index in [2.05, 4.69) is 5.16 Å². The zero-order chi connectivity index (χ0) is 20.7. The number of rotatable bonds is 4. The highest BCUT2D eigenvalue weighted by Gasteiger charge is 2.32. The van der Waals surface area contributed by atoms with Gasteiger partial charge in [0.2, 0.25) is 0 Å². The van der Waals surface area contributed by atoms with Gasteiger partial charge in [0.15, 0.2) is 5.58 Å². The second-order valence-corrected chi connectivity index (χ2v) is 7.44. The predicted octanol–water partition coefficient (Wildman–Crippen LogP) is 5.19. The second kappa shape index (κ2) is 7.30. The molecular formula is C24H19NO5. The van der Waals surface area contributed by atoms with Crippen LogP contribution in [0.15, 0.2) is 59.1 Å². The molecule has 1 aromatic heterocycles. The standard InChI is InChI=1S/C24H19NO5/c1-28-16-3-2-4-17(13-16)29-18-7-9-19-14(11-18)5-10-22-23(19)24(25-30-22)20-8-6-15(26)12-21(20)27/h2-5,7,9-11,13,20H,6,8,12H2,1H3/t20-/m1/s1. The summed E-state index contributed by atoms with van der Waals surface area (Å²) >= 11 is 0. The molecular weight excluding hydrogens is 382 g/mol. The van der Waals surface area contributed by atoms with Crippen molar-refractivity contribution in [3.63, 3.8) is 0 Å². The molecule has 0 aliphatic heterocycles. The summed E-state index contributed by atoms with van der Waals surface area (Å²) in [6, 6.07) is 17.0. The van der Waals surface area contributed by atoms with E-state index in [-0.39, 0.29) is 18.0 Å². The lowest BCUT2D eigenvalue weighted by molar-refractivity contribution is -0.130. The van der Waals surface area contributed by atoms with Crippen LogP contribution in [-0.2, 0) is 9.59 Å². The highest BCUT2D eigenvalue weighted by Crippen LogP contribution is 2.38. The fraction of sp³-hybridized carbons (Fsp3) is 0.208. The van der Waals surface area contributed by atoms with E-state index in [9.17, 15) is 9.59 Å². The van der Waals surface area contributed by atoms with Gasteiger partial charge >= 0.3 is 0 Å². The molecule has 1 aliphatic rings. The average molecular weight is 401 g/mol. The zero-order valence-electron chi connectivity index (χ0n) is 16.4. The van der Waals surface area contributed by atoms with Crippen LogP contribution in [0.5, 0.6) is 17.2 Å². The van der Waals surface area contributed by atoms with Crippen LogP contribution in [0, 0.1) is 0 Å². The van der Waals surface area contributed by atoms with Crippen molar-refractivity contribution in [1.82, 2.24) is 5.16 Å². The van der Waals surface area contributed by atoms with Crippen LogP contribution >= 0.6 is 0 Å². The Hall–Kier alpha value is -3.67. The molecule has 0 saturated heterocycles. The molecule has 0 N–H and O–H groups in total. The first-order chi connectivity index (χ1) is 14.6. The van der Waals surface area contributed by atoms with E-state index in [0.717, 1.165) is 21.9 Å². The molecule has 30 heavy (non-hydrogen) atoms. The summed E-state index contributed by atoms with van der Waals surface area (Å²) < 4.78 is 16.7. The minimum absolute atomic E-state index is 0.00626. The van der Waals surface area contributed by atoms with E-state index in [0.29, 0.717) is 35.6 Å². The molecule has 1 heterocycles. The number of nitrogens with zero attached hydrogens (tertiary/aromatic N) is 1. The molecule has 150 valence electrons. The fourth-order valence-electron chi connectivity index (χ4n) is 4.04. The van der Waals surface area contributed by atoms with Crippen LogP contribution in [0.4, 0.5) is 0 Å². The van der Waals surface area contributed by atoms with Crippen molar-refractivity contribution in [2.45, 2.75) is 25.2 Å². The molecule has 0 radical (unpaired) electrons. The summed E-state index contributed by atoms with van der Waals surface area (Å²) in [5.74, 6) is 1.59. The third kappa shape index (κ3) is 3.20. The maximum absolute atomic E-state index is 12.5. The monoisotopic (exact) mass is 401 g/mol. The Morgan fingerprint density at radius 2 is 1.83 bits per heavy atom. The average Bonchev–Trinajstić information content (AvgIpc) is 3.18. The van der Waals surface area contributed by atoms with Crippen LogP contribution in [0.25, 0.3) is 21.7 Å². The zero-order valence-corrected chi connectivity index (χ0v) is 16.4. The van der Waals surface area contributed by atoms with Crippen LogP contribution < -0.4 is 9.47 Å². The van der Waals surface area contributed by atoms with Crippen molar-refractivity contribution in [3.8, 4) is 17.2 Å². The Kier molecular flexibility index (Phi) is 4.47. The van der Waals surface area contributed by atoms with Crippen LogP contribution in [0.1, 0.15) is 30.9 Å². The van der Waals surface area contributed by atoms with Crippen molar-refractivity contribution in [2.24, 2.45) is 0 Å².